The monoisotopic (exact) mass is 320 g/mol. The molecule has 0 saturated carbocycles. The Labute approximate surface area is 121 Å². The highest BCUT2D eigenvalue weighted by molar-refractivity contribution is 9.10. The van der Waals surface area contributed by atoms with Crippen molar-refractivity contribution in [2.24, 2.45) is 0 Å². The molecule has 1 heterocycles. The Bertz CT molecular complexity index is 576. The SMILES string of the molecule is OC(CC1CCCO1)c1ccc(Br)c2ccccc12. The van der Waals surface area contributed by atoms with Gasteiger partial charge in [0.1, 0.15) is 0 Å². The standard InChI is InChI=1S/C16H17BrO2/c17-15-8-7-14(12-5-1-2-6-13(12)15)16(18)10-11-4-3-9-19-11/h1-2,5-8,11,16,18H,3-4,9-10H2. The van der Waals surface area contributed by atoms with Crippen LogP contribution >= 0.6 is 15.9 Å². The van der Waals surface area contributed by atoms with Crippen LogP contribution in [0.2, 0.25) is 0 Å². The number of halogens is 1. The van der Waals surface area contributed by atoms with Gasteiger partial charge in [0.2, 0.25) is 0 Å². The van der Waals surface area contributed by atoms with Gasteiger partial charge in [0.05, 0.1) is 12.2 Å². The Hall–Kier alpha value is -0.900. The van der Waals surface area contributed by atoms with Gasteiger partial charge in [-0.3, -0.25) is 0 Å². The molecule has 1 aliphatic heterocycles. The molecule has 1 fully saturated rings. The lowest BCUT2D eigenvalue weighted by Crippen LogP contribution is -2.11. The third-order valence-corrected chi connectivity index (χ3v) is 4.47. The quantitative estimate of drug-likeness (QED) is 0.918. The molecule has 0 aliphatic carbocycles. The summed E-state index contributed by atoms with van der Waals surface area (Å²) in [6.07, 6.45) is 2.61. The van der Waals surface area contributed by atoms with Gasteiger partial charge in [-0.25, -0.2) is 0 Å². The van der Waals surface area contributed by atoms with Crippen molar-refractivity contribution in [3.05, 3.63) is 46.4 Å². The van der Waals surface area contributed by atoms with Crippen molar-refractivity contribution in [1.29, 1.82) is 0 Å². The lowest BCUT2D eigenvalue weighted by molar-refractivity contribution is 0.0540. The van der Waals surface area contributed by atoms with Crippen molar-refractivity contribution >= 4 is 26.7 Å². The van der Waals surface area contributed by atoms with Crippen LogP contribution in [0.1, 0.15) is 30.9 Å². The van der Waals surface area contributed by atoms with E-state index < -0.39 is 6.10 Å². The van der Waals surface area contributed by atoms with Crippen LogP contribution in [0.5, 0.6) is 0 Å². The second-order valence-electron chi connectivity index (χ2n) is 5.07. The first-order valence-electron chi connectivity index (χ1n) is 6.72. The molecule has 2 atom stereocenters. The van der Waals surface area contributed by atoms with Crippen molar-refractivity contribution in [3.8, 4) is 0 Å². The van der Waals surface area contributed by atoms with E-state index in [9.17, 15) is 5.11 Å². The summed E-state index contributed by atoms with van der Waals surface area (Å²) in [5, 5.41) is 12.7. The predicted molar refractivity (Wildman–Crippen MR) is 80.2 cm³/mol. The highest BCUT2D eigenvalue weighted by Gasteiger charge is 2.21. The molecule has 100 valence electrons. The van der Waals surface area contributed by atoms with E-state index in [4.69, 9.17) is 4.74 Å². The van der Waals surface area contributed by atoms with Crippen molar-refractivity contribution in [2.45, 2.75) is 31.5 Å². The summed E-state index contributed by atoms with van der Waals surface area (Å²) < 4.78 is 6.68. The van der Waals surface area contributed by atoms with Crippen molar-refractivity contribution in [1.82, 2.24) is 0 Å². The summed E-state index contributed by atoms with van der Waals surface area (Å²) in [6.45, 7) is 0.832. The Morgan fingerprint density at radius 1 is 1.21 bits per heavy atom. The van der Waals surface area contributed by atoms with Gasteiger partial charge in [-0.05, 0) is 35.2 Å². The van der Waals surface area contributed by atoms with Gasteiger partial charge in [-0.15, -0.1) is 0 Å². The maximum absolute atomic E-state index is 10.5. The zero-order chi connectivity index (χ0) is 13.2. The van der Waals surface area contributed by atoms with Crippen LogP contribution in [0.4, 0.5) is 0 Å². The van der Waals surface area contributed by atoms with Crippen LogP contribution in [-0.2, 0) is 4.74 Å². The summed E-state index contributed by atoms with van der Waals surface area (Å²) >= 11 is 3.56. The van der Waals surface area contributed by atoms with Crippen molar-refractivity contribution in [3.63, 3.8) is 0 Å². The van der Waals surface area contributed by atoms with Gasteiger partial charge in [-0.1, -0.05) is 46.3 Å². The summed E-state index contributed by atoms with van der Waals surface area (Å²) in [6, 6.07) is 12.2. The summed E-state index contributed by atoms with van der Waals surface area (Å²) in [4.78, 5) is 0. The van der Waals surface area contributed by atoms with Crippen LogP contribution in [0.3, 0.4) is 0 Å². The molecule has 0 aromatic heterocycles. The van der Waals surface area contributed by atoms with Crippen LogP contribution in [0.25, 0.3) is 10.8 Å². The molecule has 0 radical (unpaired) electrons. The van der Waals surface area contributed by atoms with Crippen molar-refractivity contribution in [2.75, 3.05) is 6.61 Å². The van der Waals surface area contributed by atoms with E-state index in [-0.39, 0.29) is 6.10 Å². The zero-order valence-electron chi connectivity index (χ0n) is 10.7. The van der Waals surface area contributed by atoms with Crippen LogP contribution in [-0.4, -0.2) is 17.8 Å². The molecule has 1 aliphatic rings. The van der Waals surface area contributed by atoms with E-state index in [1.165, 1.54) is 0 Å². The fourth-order valence-corrected chi connectivity index (χ4v) is 3.26. The fourth-order valence-electron chi connectivity index (χ4n) is 2.78. The summed E-state index contributed by atoms with van der Waals surface area (Å²) in [7, 11) is 0. The maximum Gasteiger partial charge on any atom is 0.0820 e. The Kier molecular flexibility index (Phi) is 3.87. The summed E-state index contributed by atoms with van der Waals surface area (Å²) in [5.74, 6) is 0. The molecule has 0 amide bonds. The second kappa shape index (κ2) is 5.61. The Morgan fingerprint density at radius 3 is 2.74 bits per heavy atom. The molecule has 2 aromatic rings. The number of rotatable bonds is 3. The topological polar surface area (TPSA) is 29.5 Å². The third-order valence-electron chi connectivity index (χ3n) is 3.77. The minimum Gasteiger partial charge on any atom is -0.388 e. The highest BCUT2D eigenvalue weighted by atomic mass is 79.9. The number of ether oxygens (including phenoxy) is 1. The minimum absolute atomic E-state index is 0.206. The molecule has 3 heteroatoms. The Balaban J connectivity index is 1.93. The van der Waals surface area contributed by atoms with Crippen LogP contribution < -0.4 is 0 Å². The van der Waals surface area contributed by atoms with Gasteiger partial charge < -0.3 is 9.84 Å². The van der Waals surface area contributed by atoms with Gasteiger partial charge in [0, 0.05) is 17.5 Å². The van der Waals surface area contributed by atoms with Crippen molar-refractivity contribution < 1.29 is 9.84 Å². The molecule has 19 heavy (non-hydrogen) atoms. The molecule has 1 saturated heterocycles. The van der Waals surface area contributed by atoms with E-state index >= 15 is 0 Å². The van der Waals surface area contributed by atoms with E-state index in [1.807, 2.05) is 24.3 Å². The molecular formula is C16H17BrO2. The molecule has 0 spiro atoms. The fraction of sp³-hybridized carbons (Fsp3) is 0.375. The maximum atomic E-state index is 10.5. The molecule has 2 unspecified atom stereocenters. The second-order valence-corrected chi connectivity index (χ2v) is 5.92. The van der Waals surface area contributed by atoms with Gasteiger partial charge in [0.15, 0.2) is 0 Å². The van der Waals surface area contributed by atoms with E-state index in [2.05, 4.69) is 28.1 Å². The third kappa shape index (κ3) is 2.69. The first-order chi connectivity index (χ1) is 9.25. The van der Waals surface area contributed by atoms with Gasteiger partial charge in [-0.2, -0.15) is 0 Å². The smallest absolute Gasteiger partial charge is 0.0820 e. The number of aliphatic hydroxyl groups excluding tert-OH is 1. The lowest BCUT2D eigenvalue weighted by atomic mass is 9.96. The Morgan fingerprint density at radius 2 is 2.00 bits per heavy atom. The highest BCUT2D eigenvalue weighted by Crippen LogP contribution is 2.33. The molecule has 1 N–H and O–H groups in total. The average molecular weight is 321 g/mol. The number of hydrogen-bond donors (Lipinski definition) is 1. The first kappa shape index (κ1) is 13.1. The largest absolute Gasteiger partial charge is 0.388 e. The number of hydrogen-bond acceptors (Lipinski definition) is 2. The molecular weight excluding hydrogens is 304 g/mol. The van der Waals surface area contributed by atoms with E-state index in [0.717, 1.165) is 40.3 Å². The van der Waals surface area contributed by atoms with Gasteiger partial charge in [0.25, 0.3) is 0 Å². The molecule has 3 rings (SSSR count). The van der Waals surface area contributed by atoms with Gasteiger partial charge >= 0.3 is 0 Å². The number of fused-ring (bicyclic) bond motifs is 1. The van der Waals surface area contributed by atoms with Crippen LogP contribution in [0.15, 0.2) is 40.9 Å². The molecule has 2 nitrogen and oxygen atoms in total. The minimum atomic E-state index is -0.457. The first-order valence-corrected chi connectivity index (χ1v) is 7.52. The molecule has 2 aromatic carbocycles. The number of aliphatic hydroxyl groups is 1. The lowest BCUT2D eigenvalue weighted by Gasteiger charge is -2.18. The number of benzene rings is 2. The molecule has 0 bridgehead atoms. The normalized spacial score (nSPS) is 20.8. The van der Waals surface area contributed by atoms with E-state index in [1.54, 1.807) is 0 Å². The van der Waals surface area contributed by atoms with E-state index in [0.29, 0.717) is 6.42 Å². The predicted octanol–water partition coefficient (Wildman–Crippen LogP) is 4.20. The van der Waals surface area contributed by atoms with Crippen LogP contribution in [0, 0.1) is 0 Å². The summed E-state index contributed by atoms with van der Waals surface area (Å²) in [5.41, 5.74) is 0.995. The zero-order valence-corrected chi connectivity index (χ0v) is 12.3. The average Bonchev–Trinajstić information content (AvgIpc) is 2.92.